The first-order valence-corrected chi connectivity index (χ1v) is 11.4. The van der Waals surface area contributed by atoms with Gasteiger partial charge in [-0.05, 0) is 58.6 Å². The maximum Gasteiger partial charge on any atom is 0.271 e. The third-order valence-corrected chi connectivity index (χ3v) is 7.25. The monoisotopic (exact) mass is 438 g/mol. The SMILES string of the molecule is COc1ccc(NC(=O)c2cc3ccccc3cc2NS(=O)(=O)c2cccs2)cc1. The van der Waals surface area contributed by atoms with E-state index in [9.17, 15) is 13.2 Å². The fourth-order valence-corrected chi connectivity index (χ4v) is 5.06. The molecule has 30 heavy (non-hydrogen) atoms. The number of amides is 1. The van der Waals surface area contributed by atoms with Crippen LogP contribution < -0.4 is 14.8 Å². The van der Waals surface area contributed by atoms with Crippen LogP contribution >= 0.6 is 11.3 Å². The number of benzene rings is 3. The summed E-state index contributed by atoms with van der Waals surface area (Å²) in [6.07, 6.45) is 0. The quantitative estimate of drug-likeness (QED) is 0.445. The Hall–Kier alpha value is -3.36. The highest BCUT2D eigenvalue weighted by molar-refractivity contribution is 7.94. The van der Waals surface area contributed by atoms with Crippen molar-refractivity contribution in [1.29, 1.82) is 0 Å². The first kappa shape index (κ1) is 19.9. The van der Waals surface area contributed by atoms with E-state index in [0.717, 1.165) is 22.1 Å². The number of ether oxygens (including phenoxy) is 1. The van der Waals surface area contributed by atoms with Crippen LogP contribution in [0.4, 0.5) is 11.4 Å². The molecule has 0 fully saturated rings. The summed E-state index contributed by atoms with van der Waals surface area (Å²) in [7, 11) is -2.24. The molecule has 0 bridgehead atoms. The summed E-state index contributed by atoms with van der Waals surface area (Å²) in [4.78, 5) is 13.0. The van der Waals surface area contributed by atoms with Gasteiger partial charge in [-0.3, -0.25) is 9.52 Å². The second kappa shape index (κ2) is 8.17. The van der Waals surface area contributed by atoms with Crippen molar-refractivity contribution in [3.05, 3.63) is 83.7 Å². The number of anilines is 2. The fraction of sp³-hybridized carbons (Fsp3) is 0.0455. The number of fused-ring (bicyclic) bond motifs is 1. The zero-order valence-electron chi connectivity index (χ0n) is 16.0. The molecule has 0 aliphatic carbocycles. The van der Waals surface area contributed by atoms with Crippen LogP contribution in [0.25, 0.3) is 10.8 Å². The highest BCUT2D eigenvalue weighted by Gasteiger charge is 2.20. The number of sulfonamides is 1. The van der Waals surface area contributed by atoms with Crippen molar-refractivity contribution in [3.63, 3.8) is 0 Å². The molecule has 3 aromatic carbocycles. The highest BCUT2D eigenvalue weighted by atomic mass is 32.2. The zero-order valence-corrected chi connectivity index (χ0v) is 17.6. The summed E-state index contributed by atoms with van der Waals surface area (Å²) in [5.41, 5.74) is 1.01. The van der Waals surface area contributed by atoms with Gasteiger partial charge < -0.3 is 10.1 Å². The summed E-state index contributed by atoms with van der Waals surface area (Å²) < 4.78 is 33.4. The summed E-state index contributed by atoms with van der Waals surface area (Å²) in [6.45, 7) is 0. The predicted molar refractivity (Wildman–Crippen MR) is 120 cm³/mol. The van der Waals surface area contributed by atoms with Gasteiger partial charge in [-0.25, -0.2) is 8.42 Å². The molecule has 0 unspecified atom stereocenters. The molecular weight excluding hydrogens is 420 g/mol. The number of hydrogen-bond acceptors (Lipinski definition) is 5. The van der Waals surface area contributed by atoms with Crippen LogP contribution in [0.5, 0.6) is 5.75 Å². The van der Waals surface area contributed by atoms with Crippen LogP contribution in [0.15, 0.2) is 82.4 Å². The van der Waals surface area contributed by atoms with E-state index in [0.29, 0.717) is 11.4 Å². The maximum atomic E-state index is 13.0. The van der Waals surface area contributed by atoms with E-state index in [-0.39, 0.29) is 15.5 Å². The molecule has 1 amide bonds. The molecule has 0 aliphatic heterocycles. The Labute approximate surface area is 178 Å². The second-order valence-electron chi connectivity index (χ2n) is 6.47. The van der Waals surface area contributed by atoms with Crippen molar-refractivity contribution in [2.45, 2.75) is 4.21 Å². The maximum absolute atomic E-state index is 13.0. The van der Waals surface area contributed by atoms with E-state index in [2.05, 4.69) is 10.0 Å². The molecule has 6 nitrogen and oxygen atoms in total. The number of methoxy groups -OCH3 is 1. The van der Waals surface area contributed by atoms with Gasteiger partial charge in [0.15, 0.2) is 0 Å². The van der Waals surface area contributed by atoms with E-state index in [1.165, 1.54) is 6.07 Å². The van der Waals surface area contributed by atoms with E-state index in [4.69, 9.17) is 4.74 Å². The van der Waals surface area contributed by atoms with Crippen LogP contribution in [0.2, 0.25) is 0 Å². The molecule has 0 aliphatic rings. The van der Waals surface area contributed by atoms with Crippen LogP contribution in [-0.4, -0.2) is 21.4 Å². The van der Waals surface area contributed by atoms with Crippen molar-refractivity contribution in [1.82, 2.24) is 0 Å². The lowest BCUT2D eigenvalue weighted by Gasteiger charge is -2.14. The summed E-state index contributed by atoms with van der Waals surface area (Å²) >= 11 is 1.11. The largest absolute Gasteiger partial charge is 0.497 e. The molecule has 0 saturated carbocycles. The number of thiophene rings is 1. The van der Waals surface area contributed by atoms with Crippen LogP contribution in [-0.2, 0) is 10.0 Å². The van der Waals surface area contributed by atoms with Crippen molar-refractivity contribution in [2.75, 3.05) is 17.1 Å². The normalized spacial score (nSPS) is 11.2. The van der Waals surface area contributed by atoms with Gasteiger partial charge in [0.05, 0.1) is 18.4 Å². The Morgan fingerprint density at radius 3 is 2.27 bits per heavy atom. The summed E-state index contributed by atoms with van der Waals surface area (Å²) in [5.74, 6) is 0.248. The Kier molecular flexibility index (Phi) is 5.43. The number of rotatable bonds is 6. The Morgan fingerprint density at radius 1 is 0.933 bits per heavy atom. The summed E-state index contributed by atoms with van der Waals surface area (Å²) in [6, 6.07) is 20.9. The van der Waals surface area contributed by atoms with Gasteiger partial charge in [-0.15, -0.1) is 11.3 Å². The molecule has 0 spiro atoms. The van der Waals surface area contributed by atoms with Crippen LogP contribution in [0.1, 0.15) is 10.4 Å². The van der Waals surface area contributed by atoms with E-state index >= 15 is 0 Å². The van der Waals surface area contributed by atoms with Crippen molar-refractivity contribution in [2.24, 2.45) is 0 Å². The number of carbonyl (C=O) groups is 1. The molecule has 4 rings (SSSR count). The molecular formula is C22H18N2O4S2. The van der Waals surface area contributed by atoms with E-state index < -0.39 is 15.9 Å². The molecule has 0 atom stereocenters. The minimum absolute atomic E-state index is 0.178. The molecule has 2 N–H and O–H groups in total. The molecule has 0 saturated heterocycles. The molecule has 0 radical (unpaired) electrons. The molecule has 8 heteroatoms. The number of nitrogens with one attached hydrogen (secondary N) is 2. The summed E-state index contributed by atoms with van der Waals surface area (Å²) in [5, 5.41) is 6.15. The van der Waals surface area contributed by atoms with E-state index in [1.54, 1.807) is 55.0 Å². The number of hydrogen-bond donors (Lipinski definition) is 2. The first-order valence-electron chi connectivity index (χ1n) is 9.01. The average Bonchev–Trinajstić information content (AvgIpc) is 3.29. The lowest BCUT2D eigenvalue weighted by atomic mass is 10.0. The lowest BCUT2D eigenvalue weighted by Crippen LogP contribution is -2.18. The molecule has 1 aromatic heterocycles. The van der Waals surface area contributed by atoms with Gasteiger partial charge >= 0.3 is 0 Å². The minimum Gasteiger partial charge on any atom is -0.497 e. The van der Waals surface area contributed by atoms with Gasteiger partial charge in [0.2, 0.25) is 0 Å². The lowest BCUT2D eigenvalue weighted by molar-refractivity contribution is 0.102. The van der Waals surface area contributed by atoms with Crippen LogP contribution in [0, 0.1) is 0 Å². The van der Waals surface area contributed by atoms with Gasteiger partial charge in [-0.2, -0.15) is 0 Å². The number of carbonyl (C=O) groups excluding carboxylic acids is 1. The fourth-order valence-electron chi connectivity index (χ4n) is 3.00. The third-order valence-electron chi connectivity index (χ3n) is 4.48. The van der Waals surface area contributed by atoms with Crippen molar-refractivity contribution in [3.8, 4) is 5.75 Å². The van der Waals surface area contributed by atoms with E-state index in [1.807, 2.05) is 24.3 Å². The molecule has 152 valence electrons. The van der Waals surface area contributed by atoms with Crippen molar-refractivity contribution >= 4 is 49.4 Å². The van der Waals surface area contributed by atoms with Gasteiger partial charge in [0.25, 0.3) is 15.9 Å². The standard InChI is InChI=1S/C22H18N2O4S2/c1-28-18-10-8-17(9-11-18)23-22(25)19-13-15-5-2-3-6-16(15)14-20(19)24-30(26,27)21-7-4-12-29-21/h2-14,24H,1H3,(H,23,25). The average molecular weight is 439 g/mol. The third kappa shape index (κ3) is 4.14. The Bertz CT molecular complexity index is 1300. The second-order valence-corrected chi connectivity index (χ2v) is 9.32. The topological polar surface area (TPSA) is 84.5 Å². The first-order chi connectivity index (χ1) is 14.5. The minimum atomic E-state index is -3.80. The van der Waals surface area contributed by atoms with Gasteiger partial charge in [-0.1, -0.05) is 30.3 Å². The van der Waals surface area contributed by atoms with Gasteiger partial charge in [0.1, 0.15) is 9.96 Å². The molecule has 4 aromatic rings. The predicted octanol–water partition coefficient (Wildman–Crippen LogP) is 4.96. The molecule has 1 heterocycles. The highest BCUT2D eigenvalue weighted by Crippen LogP contribution is 2.28. The Morgan fingerprint density at radius 2 is 1.63 bits per heavy atom. The smallest absolute Gasteiger partial charge is 0.271 e. The zero-order chi connectivity index (χ0) is 21.1. The van der Waals surface area contributed by atoms with Gasteiger partial charge in [0, 0.05) is 5.69 Å². The van der Waals surface area contributed by atoms with Crippen molar-refractivity contribution < 1.29 is 17.9 Å². The Balaban J connectivity index is 1.73. The van der Waals surface area contributed by atoms with Crippen LogP contribution in [0.3, 0.4) is 0 Å².